The zero-order chi connectivity index (χ0) is 19.9. The maximum Gasteiger partial charge on any atom is 0.322 e. The van der Waals surface area contributed by atoms with Crippen molar-refractivity contribution in [2.75, 3.05) is 16.8 Å². The summed E-state index contributed by atoms with van der Waals surface area (Å²) in [5.74, 6) is 0.137. The summed E-state index contributed by atoms with van der Waals surface area (Å²) >= 11 is 0. The Labute approximate surface area is 166 Å². The summed E-state index contributed by atoms with van der Waals surface area (Å²) in [6.45, 7) is 5.39. The van der Waals surface area contributed by atoms with Gasteiger partial charge in [0.05, 0.1) is 0 Å². The molecule has 1 fully saturated rings. The van der Waals surface area contributed by atoms with Gasteiger partial charge >= 0.3 is 6.03 Å². The van der Waals surface area contributed by atoms with Crippen LogP contribution in [0.4, 0.5) is 16.2 Å². The first kappa shape index (κ1) is 19.9. The molecule has 0 unspecified atom stereocenters. The van der Waals surface area contributed by atoms with Gasteiger partial charge in [-0.25, -0.2) is 4.79 Å². The van der Waals surface area contributed by atoms with Gasteiger partial charge in [-0.3, -0.25) is 9.78 Å². The second-order valence-electron chi connectivity index (χ2n) is 7.26. The number of urea groups is 1. The van der Waals surface area contributed by atoms with Crippen LogP contribution in [0.2, 0.25) is 0 Å². The fourth-order valence-corrected chi connectivity index (χ4v) is 3.47. The molecule has 1 aromatic heterocycles. The molecular formula is C22H28N4O2. The van der Waals surface area contributed by atoms with Gasteiger partial charge in [-0.15, -0.1) is 0 Å². The number of nitrogens with one attached hydrogen (secondary N) is 1. The normalized spacial score (nSPS) is 16.3. The topological polar surface area (TPSA) is 65.5 Å². The van der Waals surface area contributed by atoms with Gasteiger partial charge in [-0.05, 0) is 55.7 Å². The lowest BCUT2D eigenvalue weighted by Gasteiger charge is -2.25. The monoisotopic (exact) mass is 380 g/mol. The van der Waals surface area contributed by atoms with Gasteiger partial charge in [0, 0.05) is 49.3 Å². The highest BCUT2D eigenvalue weighted by Gasteiger charge is 2.28. The highest BCUT2D eigenvalue weighted by atomic mass is 16.2. The quantitative estimate of drug-likeness (QED) is 0.773. The molecule has 1 atom stereocenters. The molecule has 0 bridgehead atoms. The molecule has 1 N–H and O–H groups in total. The van der Waals surface area contributed by atoms with E-state index < -0.39 is 0 Å². The zero-order valence-electron chi connectivity index (χ0n) is 16.6. The van der Waals surface area contributed by atoms with E-state index in [-0.39, 0.29) is 18.0 Å². The van der Waals surface area contributed by atoms with Crippen LogP contribution in [-0.2, 0) is 11.3 Å². The number of anilines is 2. The fourth-order valence-electron chi connectivity index (χ4n) is 3.47. The van der Waals surface area contributed by atoms with E-state index in [0.29, 0.717) is 25.2 Å². The maximum absolute atomic E-state index is 12.9. The Balaban J connectivity index is 1.72. The Morgan fingerprint density at radius 3 is 2.75 bits per heavy atom. The molecule has 1 aliphatic rings. The molecule has 28 heavy (non-hydrogen) atoms. The summed E-state index contributed by atoms with van der Waals surface area (Å²) < 4.78 is 0. The highest BCUT2D eigenvalue weighted by Crippen LogP contribution is 2.28. The van der Waals surface area contributed by atoms with Crippen LogP contribution in [0.15, 0.2) is 48.8 Å². The molecule has 1 aliphatic heterocycles. The molecule has 6 heteroatoms. The number of nitrogens with zero attached hydrogens (tertiary/aromatic N) is 3. The van der Waals surface area contributed by atoms with Gasteiger partial charge in [0.15, 0.2) is 0 Å². The molecule has 0 saturated carbocycles. The molecule has 148 valence electrons. The molecule has 1 saturated heterocycles. The Morgan fingerprint density at radius 1 is 1.29 bits per heavy atom. The average molecular weight is 380 g/mol. The van der Waals surface area contributed by atoms with Crippen LogP contribution in [0.3, 0.4) is 0 Å². The van der Waals surface area contributed by atoms with E-state index in [2.05, 4.69) is 24.1 Å². The lowest BCUT2D eigenvalue weighted by Crippen LogP contribution is -2.35. The largest absolute Gasteiger partial charge is 0.322 e. The molecule has 0 aliphatic carbocycles. The van der Waals surface area contributed by atoms with E-state index in [9.17, 15) is 9.59 Å². The second-order valence-corrected chi connectivity index (χ2v) is 7.26. The zero-order valence-corrected chi connectivity index (χ0v) is 16.6. The molecule has 2 heterocycles. The number of unbranched alkanes of at least 4 members (excludes halogenated alkanes) is 1. The van der Waals surface area contributed by atoms with Crippen LogP contribution < -0.4 is 10.2 Å². The van der Waals surface area contributed by atoms with E-state index in [1.165, 1.54) is 0 Å². The minimum atomic E-state index is -0.136. The SMILES string of the molecule is CCCCN(Cc1ccncc1)C(=O)Nc1cccc(N2C(=O)CC[C@H]2C)c1. The van der Waals surface area contributed by atoms with E-state index in [0.717, 1.165) is 30.5 Å². The van der Waals surface area contributed by atoms with Crippen LogP contribution in [0.25, 0.3) is 0 Å². The lowest BCUT2D eigenvalue weighted by molar-refractivity contribution is -0.117. The van der Waals surface area contributed by atoms with Crippen molar-refractivity contribution >= 4 is 23.3 Å². The first-order valence-corrected chi connectivity index (χ1v) is 9.95. The minimum Gasteiger partial charge on any atom is -0.320 e. The minimum absolute atomic E-state index is 0.136. The Morgan fingerprint density at radius 2 is 2.07 bits per heavy atom. The van der Waals surface area contributed by atoms with Crippen molar-refractivity contribution in [2.45, 2.75) is 52.1 Å². The molecule has 0 spiro atoms. The summed E-state index contributed by atoms with van der Waals surface area (Å²) in [6.07, 6.45) is 6.88. The molecule has 3 rings (SSSR count). The van der Waals surface area contributed by atoms with Gasteiger partial charge in [0.1, 0.15) is 0 Å². The number of hydrogen-bond donors (Lipinski definition) is 1. The first-order valence-electron chi connectivity index (χ1n) is 9.95. The molecule has 3 amide bonds. The third kappa shape index (κ3) is 4.88. The molecule has 0 radical (unpaired) electrons. The number of rotatable bonds is 7. The molecule has 1 aromatic carbocycles. The number of aromatic nitrogens is 1. The summed E-state index contributed by atoms with van der Waals surface area (Å²) in [5, 5.41) is 3.00. The predicted molar refractivity (Wildman–Crippen MR) is 111 cm³/mol. The summed E-state index contributed by atoms with van der Waals surface area (Å²) in [4.78, 5) is 32.7. The first-order chi connectivity index (χ1) is 13.6. The van der Waals surface area contributed by atoms with Crippen molar-refractivity contribution in [3.8, 4) is 0 Å². The number of hydrogen-bond acceptors (Lipinski definition) is 3. The van der Waals surface area contributed by atoms with E-state index >= 15 is 0 Å². The number of carbonyl (C=O) groups is 2. The fraction of sp³-hybridized carbons (Fsp3) is 0.409. The number of pyridine rings is 1. The Kier molecular flexibility index (Phi) is 6.63. The maximum atomic E-state index is 12.9. The van der Waals surface area contributed by atoms with Gasteiger partial charge in [0.2, 0.25) is 5.91 Å². The van der Waals surface area contributed by atoms with Crippen molar-refractivity contribution in [3.63, 3.8) is 0 Å². The van der Waals surface area contributed by atoms with Gasteiger partial charge in [-0.1, -0.05) is 19.4 Å². The number of benzene rings is 1. The average Bonchev–Trinajstić information content (AvgIpc) is 3.04. The summed E-state index contributed by atoms with van der Waals surface area (Å²) in [6, 6.07) is 11.4. The van der Waals surface area contributed by atoms with Crippen molar-refractivity contribution in [2.24, 2.45) is 0 Å². The summed E-state index contributed by atoms with van der Waals surface area (Å²) in [5.41, 5.74) is 2.58. The van der Waals surface area contributed by atoms with Crippen molar-refractivity contribution in [1.29, 1.82) is 0 Å². The molecular weight excluding hydrogens is 352 g/mol. The predicted octanol–water partition coefficient (Wildman–Crippen LogP) is 4.43. The molecule has 2 aromatic rings. The van der Waals surface area contributed by atoms with E-state index in [4.69, 9.17) is 0 Å². The second kappa shape index (κ2) is 9.35. The number of carbonyl (C=O) groups excluding carboxylic acids is 2. The Bertz CT molecular complexity index is 809. The van der Waals surface area contributed by atoms with Crippen LogP contribution in [0.5, 0.6) is 0 Å². The van der Waals surface area contributed by atoms with Crippen molar-refractivity contribution in [3.05, 3.63) is 54.4 Å². The standard InChI is InChI=1S/C22H28N4O2/c1-3-4-14-25(16-18-10-12-23-13-11-18)22(28)24-19-6-5-7-20(15-19)26-17(2)8-9-21(26)27/h5-7,10-13,15,17H,3-4,8-9,14,16H2,1-2H3,(H,24,28)/t17-/m1/s1. The smallest absolute Gasteiger partial charge is 0.320 e. The van der Waals surface area contributed by atoms with E-state index in [1.54, 1.807) is 12.4 Å². The lowest BCUT2D eigenvalue weighted by atomic mass is 10.2. The van der Waals surface area contributed by atoms with Gasteiger partial charge < -0.3 is 15.1 Å². The van der Waals surface area contributed by atoms with Crippen LogP contribution in [0, 0.1) is 0 Å². The van der Waals surface area contributed by atoms with Crippen LogP contribution in [0.1, 0.15) is 45.1 Å². The van der Waals surface area contributed by atoms with Gasteiger partial charge in [0.25, 0.3) is 0 Å². The van der Waals surface area contributed by atoms with E-state index in [1.807, 2.05) is 46.2 Å². The molecule has 6 nitrogen and oxygen atoms in total. The van der Waals surface area contributed by atoms with Crippen LogP contribution >= 0.6 is 0 Å². The third-order valence-corrected chi connectivity index (χ3v) is 5.05. The summed E-state index contributed by atoms with van der Waals surface area (Å²) in [7, 11) is 0. The van der Waals surface area contributed by atoms with Crippen molar-refractivity contribution in [1.82, 2.24) is 9.88 Å². The number of amides is 3. The highest BCUT2D eigenvalue weighted by molar-refractivity contribution is 5.97. The van der Waals surface area contributed by atoms with Crippen LogP contribution in [-0.4, -0.2) is 34.4 Å². The third-order valence-electron chi connectivity index (χ3n) is 5.05. The van der Waals surface area contributed by atoms with Crippen molar-refractivity contribution < 1.29 is 9.59 Å². The van der Waals surface area contributed by atoms with Gasteiger partial charge in [-0.2, -0.15) is 0 Å². The Hall–Kier alpha value is -2.89.